The first-order valence-corrected chi connectivity index (χ1v) is 9.57. The molecule has 0 unspecified atom stereocenters. The molecule has 1 saturated heterocycles. The second-order valence-electron chi connectivity index (χ2n) is 7.50. The minimum atomic E-state index is 0.352. The van der Waals surface area contributed by atoms with Crippen molar-refractivity contribution < 1.29 is 8.94 Å². The molecule has 4 heterocycles. The molecule has 6 rings (SSSR count). The van der Waals surface area contributed by atoms with Crippen molar-refractivity contribution in [3.8, 4) is 0 Å². The van der Waals surface area contributed by atoms with E-state index in [4.69, 9.17) is 8.94 Å². The molecule has 3 aromatic heterocycles. The summed E-state index contributed by atoms with van der Waals surface area (Å²) in [6.07, 6.45) is 5.96. The molecule has 27 heavy (non-hydrogen) atoms. The van der Waals surface area contributed by atoms with E-state index in [1.807, 2.05) is 24.3 Å². The molecule has 0 bridgehead atoms. The normalized spacial score (nSPS) is 18.6. The number of benzene rings is 1. The predicted octanol–water partition coefficient (Wildman–Crippen LogP) is 4.02. The summed E-state index contributed by atoms with van der Waals surface area (Å²) in [5, 5.41) is 5.26. The van der Waals surface area contributed by atoms with Crippen LogP contribution in [0.25, 0.3) is 22.1 Å². The van der Waals surface area contributed by atoms with E-state index in [0.29, 0.717) is 11.8 Å². The number of para-hydroxylation sites is 1. The highest BCUT2D eigenvalue weighted by atomic mass is 16.5. The lowest BCUT2D eigenvalue weighted by molar-refractivity contribution is 0.364. The second-order valence-corrected chi connectivity index (χ2v) is 7.50. The van der Waals surface area contributed by atoms with Crippen LogP contribution in [0.5, 0.6) is 0 Å². The quantitative estimate of drug-likeness (QED) is 0.545. The zero-order chi connectivity index (χ0) is 17.8. The number of anilines is 1. The molecule has 0 N–H and O–H groups in total. The predicted molar refractivity (Wildman–Crippen MR) is 99.8 cm³/mol. The zero-order valence-corrected chi connectivity index (χ0v) is 14.8. The van der Waals surface area contributed by atoms with Crippen LogP contribution in [0.2, 0.25) is 0 Å². The van der Waals surface area contributed by atoms with Crippen molar-refractivity contribution in [1.82, 2.24) is 20.1 Å². The maximum Gasteiger partial charge on any atom is 0.229 e. The van der Waals surface area contributed by atoms with Gasteiger partial charge in [-0.2, -0.15) is 4.98 Å². The minimum Gasteiger partial charge on any atom is -0.450 e. The Kier molecular flexibility index (Phi) is 3.23. The van der Waals surface area contributed by atoms with Crippen molar-refractivity contribution >= 4 is 27.9 Å². The average molecular weight is 361 g/mol. The molecule has 136 valence electrons. The molecule has 4 aromatic rings. The minimum absolute atomic E-state index is 0.352. The van der Waals surface area contributed by atoms with Crippen molar-refractivity contribution in [2.45, 2.75) is 37.5 Å². The van der Waals surface area contributed by atoms with Gasteiger partial charge >= 0.3 is 0 Å². The smallest absolute Gasteiger partial charge is 0.229 e. The van der Waals surface area contributed by atoms with Gasteiger partial charge in [-0.1, -0.05) is 17.3 Å². The molecular weight excluding hydrogens is 342 g/mol. The van der Waals surface area contributed by atoms with Crippen LogP contribution >= 0.6 is 0 Å². The summed E-state index contributed by atoms with van der Waals surface area (Å²) in [6.45, 7) is 1.78. The third kappa shape index (κ3) is 2.49. The highest BCUT2D eigenvalue weighted by Crippen LogP contribution is 2.40. The van der Waals surface area contributed by atoms with Gasteiger partial charge in [-0.15, -0.1) is 0 Å². The number of hydrogen-bond donors (Lipinski definition) is 0. The lowest BCUT2D eigenvalue weighted by Gasteiger charge is -2.31. The first-order chi connectivity index (χ1) is 13.4. The van der Waals surface area contributed by atoms with Crippen molar-refractivity contribution in [2.75, 3.05) is 18.0 Å². The standard InChI is InChI=1S/C20H19N5O2/c1-2-4-15-14(3-1)16-17(26-15)19(22-11-21-16)25-9-7-12(8-10-25)18-23-20(27-24-18)13-5-6-13/h1-4,11-13H,5-10H2. The highest BCUT2D eigenvalue weighted by Gasteiger charge is 2.32. The molecule has 2 aliphatic rings. The number of nitrogens with zero attached hydrogens (tertiary/aromatic N) is 5. The van der Waals surface area contributed by atoms with Gasteiger partial charge in [-0.3, -0.25) is 0 Å². The molecule has 0 amide bonds. The number of furan rings is 1. The molecule has 1 saturated carbocycles. The van der Waals surface area contributed by atoms with Gasteiger partial charge in [-0.25, -0.2) is 9.97 Å². The van der Waals surface area contributed by atoms with E-state index < -0.39 is 0 Å². The van der Waals surface area contributed by atoms with Gasteiger partial charge in [0.15, 0.2) is 17.2 Å². The largest absolute Gasteiger partial charge is 0.450 e. The van der Waals surface area contributed by atoms with Crippen LogP contribution in [-0.2, 0) is 0 Å². The van der Waals surface area contributed by atoms with Gasteiger partial charge in [0.1, 0.15) is 17.4 Å². The highest BCUT2D eigenvalue weighted by molar-refractivity contribution is 6.05. The Bertz CT molecular complexity index is 1120. The van der Waals surface area contributed by atoms with Crippen LogP contribution in [0.1, 0.15) is 49.2 Å². The van der Waals surface area contributed by atoms with E-state index in [-0.39, 0.29) is 0 Å². The number of aromatic nitrogens is 4. The SMILES string of the molecule is c1ccc2c(c1)oc1c(N3CCC(c4noc(C5CC5)n4)CC3)ncnc12. The first kappa shape index (κ1) is 15.1. The number of rotatable bonds is 3. The summed E-state index contributed by atoms with van der Waals surface area (Å²) in [5.74, 6) is 3.43. The van der Waals surface area contributed by atoms with E-state index in [9.17, 15) is 0 Å². The van der Waals surface area contributed by atoms with Gasteiger partial charge in [-0.05, 0) is 37.8 Å². The fraction of sp³-hybridized carbons (Fsp3) is 0.400. The molecule has 7 heteroatoms. The Morgan fingerprint density at radius 2 is 1.81 bits per heavy atom. The Balaban J connectivity index is 1.27. The Hall–Kier alpha value is -2.96. The monoisotopic (exact) mass is 361 g/mol. The van der Waals surface area contributed by atoms with Gasteiger partial charge in [0, 0.05) is 30.3 Å². The van der Waals surface area contributed by atoms with Crippen LogP contribution in [0.15, 0.2) is 39.5 Å². The van der Waals surface area contributed by atoms with Crippen molar-refractivity contribution in [2.24, 2.45) is 0 Å². The van der Waals surface area contributed by atoms with Crippen LogP contribution < -0.4 is 4.90 Å². The van der Waals surface area contributed by atoms with Crippen LogP contribution in [0, 0.1) is 0 Å². The van der Waals surface area contributed by atoms with E-state index in [1.165, 1.54) is 12.8 Å². The summed E-state index contributed by atoms with van der Waals surface area (Å²) in [7, 11) is 0. The summed E-state index contributed by atoms with van der Waals surface area (Å²) in [6, 6.07) is 7.99. The van der Waals surface area contributed by atoms with Crippen molar-refractivity contribution in [3.63, 3.8) is 0 Å². The summed E-state index contributed by atoms with van der Waals surface area (Å²) in [5.41, 5.74) is 2.50. The molecule has 0 radical (unpaired) electrons. The Morgan fingerprint density at radius 3 is 2.67 bits per heavy atom. The topological polar surface area (TPSA) is 81.1 Å². The van der Waals surface area contributed by atoms with Crippen LogP contribution in [-0.4, -0.2) is 33.2 Å². The fourth-order valence-electron chi connectivity index (χ4n) is 4.00. The molecule has 1 aromatic carbocycles. The molecule has 0 spiro atoms. The maximum atomic E-state index is 6.08. The summed E-state index contributed by atoms with van der Waals surface area (Å²) >= 11 is 0. The van der Waals surface area contributed by atoms with Crippen LogP contribution in [0.4, 0.5) is 5.82 Å². The van der Waals surface area contributed by atoms with E-state index in [1.54, 1.807) is 6.33 Å². The van der Waals surface area contributed by atoms with Crippen molar-refractivity contribution in [3.05, 3.63) is 42.3 Å². The van der Waals surface area contributed by atoms with Gasteiger partial charge < -0.3 is 13.8 Å². The number of hydrogen-bond acceptors (Lipinski definition) is 7. The lowest BCUT2D eigenvalue weighted by atomic mass is 9.96. The van der Waals surface area contributed by atoms with Gasteiger partial charge in [0.25, 0.3) is 0 Å². The van der Waals surface area contributed by atoms with Gasteiger partial charge in [0.05, 0.1) is 0 Å². The van der Waals surface area contributed by atoms with Crippen LogP contribution in [0.3, 0.4) is 0 Å². The first-order valence-electron chi connectivity index (χ1n) is 9.57. The fourth-order valence-corrected chi connectivity index (χ4v) is 4.00. The summed E-state index contributed by atoms with van der Waals surface area (Å²) < 4.78 is 11.5. The van der Waals surface area contributed by atoms with Crippen molar-refractivity contribution in [1.29, 1.82) is 0 Å². The Labute approximate surface area is 155 Å². The maximum absolute atomic E-state index is 6.08. The lowest BCUT2D eigenvalue weighted by Crippen LogP contribution is -2.33. The van der Waals surface area contributed by atoms with E-state index in [0.717, 1.165) is 65.5 Å². The average Bonchev–Trinajstić information content (AvgIpc) is 3.33. The molecule has 2 fully saturated rings. The van der Waals surface area contributed by atoms with E-state index >= 15 is 0 Å². The van der Waals surface area contributed by atoms with E-state index in [2.05, 4.69) is 25.0 Å². The third-order valence-corrected chi connectivity index (χ3v) is 5.68. The molecule has 0 atom stereocenters. The van der Waals surface area contributed by atoms with Gasteiger partial charge in [0.2, 0.25) is 5.89 Å². The zero-order valence-electron chi connectivity index (χ0n) is 14.8. The Morgan fingerprint density at radius 1 is 0.963 bits per heavy atom. The molecule has 1 aliphatic carbocycles. The second kappa shape index (κ2) is 5.77. The number of fused-ring (bicyclic) bond motifs is 3. The molecular formula is C20H19N5O2. The molecule has 7 nitrogen and oxygen atoms in total. The summed E-state index contributed by atoms with van der Waals surface area (Å²) in [4.78, 5) is 15.9. The third-order valence-electron chi connectivity index (χ3n) is 5.68. The molecule has 1 aliphatic heterocycles. The number of piperidine rings is 1.